The Morgan fingerprint density at radius 3 is 2.67 bits per heavy atom. The van der Waals surface area contributed by atoms with Crippen molar-refractivity contribution in [1.82, 2.24) is 5.32 Å². The van der Waals surface area contributed by atoms with Gasteiger partial charge in [-0.2, -0.15) is 0 Å². The first-order valence-electron chi connectivity index (χ1n) is 6.74. The van der Waals surface area contributed by atoms with Crippen molar-refractivity contribution in [3.63, 3.8) is 0 Å². The molecule has 0 aliphatic carbocycles. The second-order valence-electron chi connectivity index (χ2n) is 5.14. The maximum absolute atomic E-state index is 13.5. The maximum atomic E-state index is 13.5. The van der Waals surface area contributed by atoms with Crippen molar-refractivity contribution < 1.29 is 9.31 Å². The van der Waals surface area contributed by atoms with Crippen LogP contribution in [0.5, 0.6) is 0 Å². The number of hydrogen-bond donors (Lipinski definition) is 1. The number of rotatable bonds is 5. The molecule has 0 spiro atoms. The summed E-state index contributed by atoms with van der Waals surface area (Å²) in [5.41, 5.74) is 2.32. The van der Waals surface area contributed by atoms with Crippen molar-refractivity contribution in [2.24, 2.45) is 0 Å². The van der Waals surface area contributed by atoms with E-state index in [2.05, 4.69) is 5.32 Å². The van der Waals surface area contributed by atoms with Crippen LogP contribution in [0.1, 0.15) is 19.4 Å². The van der Waals surface area contributed by atoms with Gasteiger partial charge < -0.3 is 5.32 Å². The van der Waals surface area contributed by atoms with E-state index in [4.69, 9.17) is 0 Å². The number of nitrogens with zero attached hydrogens (tertiary/aromatic N) is 1. The van der Waals surface area contributed by atoms with Crippen LogP contribution in [0.15, 0.2) is 42.5 Å². The Morgan fingerprint density at radius 2 is 2.00 bits per heavy atom. The van der Waals surface area contributed by atoms with Crippen LogP contribution in [-0.2, 0) is 6.54 Å². The Hall–Kier alpha value is -2.27. The lowest BCUT2D eigenvalue weighted by Gasteiger charge is -2.13. The third-order valence-electron chi connectivity index (χ3n) is 3.14. The molecular formula is C16H17FN2O2. The smallest absolute Gasteiger partial charge is 0.270 e. The van der Waals surface area contributed by atoms with Gasteiger partial charge in [-0.25, -0.2) is 4.39 Å². The van der Waals surface area contributed by atoms with Crippen LogP contribution in [0.3, 0.4) is 0 Å². The highest BCUT2D eigenvalue weighted by Gasteiger charge is 2.11. The van der Waals surface area contributed by atoms with E-state index in [1.165, 1.54) is 24.3 Å². The second kappa shape index (κ2) is 6.45. The van der Waals surface area contributed by atoms with E-state index in [9.17, 15) is 14.5 Å². The SMILES string of the molecule is CC(C)NCc1cc(F)ccc1-c1cccc([N+](=O)[O-])c1. The van der Waals surface area contributed by atoms with Gasteiger partial charge in [0.25, 0.3) is 5.69 Å². The van der Waals surface area contributed by atoms with Crippen molar-refractivity contribution in [1.29, 1.82) is 0 Å². The van der Waals surface area contributed by atoms with E-state index >= 15 is 0 Å². The van der Waals surface area contributed by atoms with E-state index < -0.39 is 4.92 Å². The first-order valence-corrected chi connectivity index (χ1v) is 6.74. The van der Waals surface area contributed by atoms with Gasteiger partial charge in [-0.15, -0.1) is 0 Å². The summed E-state index contributed by atoms with van der Waals surface area (Å²) in [7, 11) is 0. The van der Waals surface area contributed by atoms with E-state index in [0.717, 1.165) is 11.1 Å². The van der Waals surface area contributed by atoms with Crippen LogP contribution >= 0.6 is 0 Å². The molecule has 0 bridgehead atoms. The summed E-state index contributed by atoms with van der Waals surface area (Å²) in [5.74, 6) is -0.315. The van der Waals surface area contributed by atoms with Gasteiger partial charge in [-0.05, 0) is 28.8 Å². The molecule has 4 nitrogen and oxygen atoms in total. The Balaban J connectivity index is 2.42. The molecule has 2 aromatic rings. The van der Waals surface area contributed by atoms with Gasteiger partial charge >= 0.3 is 0 Å². The summed E-state index contributed by atoms with van der Waals surface area (Å²) in [6, 6.07) is 11.1. The fourth-order valence-corrected chi connectivity index (χ4v) is 2.09. The number of nitro groups is 1. The molecule has 5 heteroatoms. The number of halogens is 1. The van der Waals surface area contributed by atoms with Gasteiger partial charge in [-0.1, -0.05) is 32.0 Å². The highest BCUT2D eigenvalue weighted by molar-refractivity contribution is 5.69. The molecule has 0 radical (unpaired) electrons. The normalized spacial score (nSPS) is 10.9. The zero-order chi connectivity index (χ0) is 15.4. The highest BCUT2D eigenvalue weighted by Crippen LogP contribution is 2.27. The van der Waals surface area contributed by atoms with Crippen molar-refractivity contribution >= 4 is 5.69 Å². The molecule has 0 fully saturated rings. The zero-order valence-corrected chi connectivity index (χ0v) is 12.0. The summed E-state index contributed by atoms with van der Waals surface area (Å²) in [4.78, 5) is 10.4. The third-order valence-corrected chi connectivity index (χ3v) is 3.14. The third kappa shape index (κ3) is 3.86. The quantitative estimate of drug-likeness (QED) is 0.670. The van der Waals surface area contributed by atoms with Crippen LogP contribution in [0, 0.1) is 15.9 Å². The summed E-state index contributed by atoms with van der Waals surface area (Å²) in [5, 5.41) is 14.1. The van der Waals surface area contributed by atoms with E-state index in [1.54, 1.807) is 18.2 Å². The fraction of sp³-hybridized carbons (Fsp3) is 0.250. The molecule has 0 aliphatic heterocycles. The Morgan fingerprint density at radius 1 is 1.24 bits per heavy atom. The predicted molar refractivity (Wildman–Crippen MR) is 80.5 cm³/mol. The van der Waals surface area contributed by atoms with Crippen molar-refractivity contribution in [3.8, 4) is 11.1 Å². The van der Waals surface area contributed by atoms with Crippen molar-refractivity contribution in [3.05, 3.63) is 64.0 Å². The van der Waals surface area contributed by atoms with Crippen molar-refractivity contribution in [2.45, 2.75) is 26.4 Å². The number of benzene rings is 2. The van der Waals surface area contributed by atoms with Gasteiger partial charge in [-0.3, -0.25) is 10.1 Å². The van der Waals surface area contributed by atoms with Crippen LogP contribution in [0.25, 0.3) is 11.1 Å². The summed E-state index contributed by atoms with van der Waals surface area (Å²) in [6.45, 7) is 4.52. The van der Waals surface area contributed by atoms with Gasteiger partial charge in [0.2, 0.25) is 0 Å². The molecule has 0 atom stereocenters. The Kier molecular flexibility index (Phi) is 4.65. The lowest BCUT2D eigenvalue weighted by molar-refractivity contribution is -0.384. The van der Waals surface area contributed by atoms with Crippen molar-refractivity contribution in [2.75, 3.05) is 0 Å². The minimum atomic E-state index is -0.431. The predicted octanol–water partition coefficient (Wildman–Crippen LogP) is 3.90. The average Bonchev–Trinajstić information content (AvgIpc) is 2.45. The largest absolute Gasteiger partial charge is 0.310 e. The molecule has 0 aliphatic rings. The first kappa shape index (κ1) is 15.1. The monoisotopic (exact) mass is 288 g/mol. The van der Waals surface area contributed by atoms with Crippen LogP contribution in [-0.4, -0.2) is 11.0 Å². The van der Waals surface area contributed by atoms with E-state index in [1.807, 2.05) is 13.8 Å². The highest BCUT2D eigenvalue weighted by atomic mass is 19.1. The molecular weight excluding hydrogens is 271 g/mol. The number of non-ortho nitro benzene ring substituents is 1. The van der Waals surface area contributed by atoms with E-state index in [-0.39, 0.29) is 17.5 Å². The maximum Gasteiger partial charge on any atom is 0.270 e. The van der Waals surface area contributed by atoms with Gasteiger partial charge in [0.15, 0.2) is 0 Å². The zero-order valence-electron chi connectivity index (χ0n) is 12.0. The molecule has 0 saturated heterocycles. The second-order valence-corrected chi connectivity index (χ2v) is 5.14. The lowest BCUT2D eigenvalue weighted by atomic mass is 9.99. The molecule has 0 heterocycles. The van der Waals surface area contributed by atoms with E-state index in [0.29, 0.717) is 12.1 Å². The van der Waals surface area contributed by atoms with Crippen LogP contribution in [0.4, 0.5) is 10.1 Å². The summed E-state index contributed by atoms with van der Waals surface area (Å²) >= 11 is 0. The topological polar surface area (TPSA) is 55.2 Å². The lowest BCUT2D eigenvalue weighted by Crippen LogP contribution is -2.22. The van der Waals surface area contributed by atoms with Gasteiger partial charge in [0, 0.05) is 24.7 Å². The molecule has 0 amide bonds. The molecule has 0 saturated carbocycles. The Bertz CT molecular complexity index is 656. The molecule has 2 rings (SSSR count). The van der Waals surface area contributed by atoms with Gasteiger partial charge in [0.1, 0.15) is 5.82 Å². The van der Waals surface area contributed by atoms with Crippen LogP contribution in [0.2, 0.25) is 0 Å². The summed E-state index contributed by atoms with van der Waals surface area (Å²) in [6.07, 6.45) is 0. The average molecular weight is 288 g/mol. The van der Waals surface area contributed by atoms with Gasteiger partial charge in [0.05, 0.1) is 4.92 Å². The summed E-state index contributed by atoms with van der Waals surface area (Å²) < 4.78 is 13.5. The number of nitro benzene ring substituents is 1. The minimum Gasteiger partial charge on any atom is -0.310 e. The molecule has 0 aromatic heterocycles. The molecule has 1 N–H and O–H groups in total. The standard InChI is InChI=1S/C16H17FN2O2/c1-11(2)18-10-13-8-14(17)6-7-16(13)12-4-3-5-15(9-12)19(20)21/h3-9,11,18H,10H2,1-2H3. The number of hydrogen-bond acceptors (Lipinski definition) is 3. The minimum absolute atomic E-state index is 0.0274. The van der Waals surface area contributed by atoms with Crippen LogP contribution < -0.4 is 5.32 Å². The Labute approximate surface area is 122 Å². The molecule has 0 unspecified atom stereocenters. The fourth-order valence-electron chi connectivity index (χ4n) is 2.09. The molecule has 21 heavy (non-hydrogen) atoms. The molecule has 110 valence electrons. The molecule has 2 aromatic carbocycles. The number of nitrogens with one attached hydrogen (secondary N) is 1. The first-order chi connectivity index (χ1) is 9.97.